The van der Waals surface area contributed by atoms with Crippen LogP contribution in [-0.4, -0.2) is 23.1 Å². The van der Waals surface area contributed by atoms with Crippen molar-refractivity contribution in [2.24, 2.45) is 0 Å². The van der Waals surface area contributed by atoms with Crippen molar-refractivity contribution in [3.8, 4) is 5.75 Å². The predicted molar refractivity (Wildman–Crippen MR) is 108 cm³/mol. The second kappa shape index (κ2) is 9.09. The van der Waals surface area contributed by atoms with Crippen molar-refractivity contribution >= 4 is 34.6 Å². The number of thiocarbonyl (C=S) groups is 1. The van der Waals surface area contributed by atoms with Crippen molar-refractivity contribution in [1.29, 1.82) is 0 Å². The third-order valence-electron chi connectivity index (χ3n) is 4.22. The minimum absolute atomic E-state index is 0.0831. The molecule has 0 aliphatic heterocycles. The molecule has 0 spiro atoms. The van der Waals surface area contributed by atoms with Gasteiger partial charge in [-0.25, -0.2) is 0 Å². The molecule has 0 heterocycles. The standard InChI is InChI=1S/C19H21N3O4S/c1-4-12(2)14-7-5-6-8-15(14)20-19(27)21-18(23)13-9-10-17(26-3)16(11-13)22(24)25/h5-12H,4H2,1-3H3,(H2,20,21,23,27). The molecule has 2 aromatic rings. The Hall–Kier alpha value is -3.00. The molecule has 0 saturated carbocycles. The van der Waals surface area contributed by atoms with E-state index in [1.165, 1.54) is 19.2 Å². The number of benzene rings is 2. The highest BCUT2D eigenvalue weighted by atomic mass is 32.1. The van der Waals surface area contributed by atoms with Crippen LogP contribution in [0.5, 0.6) is 5.75 Å². The molecule has 0 saturated heterocycles. The van der Waals surface area contributed by atoms with E-state index in [-0.39, 0.29) is 22.1 Å². The Balaban J connectivity index is 2.14. The van der Waals surface area contributed by atoms with Crippen LogP contribution in [0.3, 0.4) is 0 Å². The van der Waals surface area contributed by atoms with E-state index in [4.69, 9.17) is 17.0 Å². The summed E-state index contributed by atoms with van der Waals surface area (Å²) >= 11 is 5.23. The van der Waals surface area contributed by atoms with Crippen molar-refractivity contribution in [2.75, 3.05) is 12.4 Å². The first kappa shape index (κ1) is 20.3. The zero-order valence-electron chi connectivity index (χ0n) is 15.3. The number of rotatable bonds is 6. The normalized spacial score (nSPS) is 11.4. The molecule has 2 N–H and O–H groups in total. The van der Waals surface area contributed by atoms with Gasteiger partial charge in [0.1, 0.15) is 0 Å². The van der Waals surface area contributed by atoms with Gasteiger partial charge in [0.15, 0.2) is 10.9 Å². The number of methoxy groups -OCH3 is 1. The number of nitro benzene ring substituents is 1. The number of carbonyl (C=O) groups is 1. The van der Waals surface area contributed by atoms with E-state index in [9.17, 15) is 14.9 Å². The van der Waals surface area contributed by atoms with Crippen molar-refractivity contribution in [3.63, 3.8) is 0 Å². The lowest BCUT2D eigenvalue weighted by Crippen LogP contribution is -2.34. The van der Waals surface area contributed by atoms with Gasteiger partial charge in [0.2, 0.25) is 0 Å². The van der Waals surface area contributed by atoms with Gasteiger partial charge in [-0.15, -0.1) is 0 Å². The van der Waals surface area contributed by atoms with E-state index < -0.39 is 10.8 Å². The van der Waals surface area contributed by atoms with Gasteiger partial charge in [0, 0.05) is 17.3 Å². The number of nitrogens with one attached hydrogen (secondary N) is 2. The van der Waals surface area contributed by atoms with Crippen LogP contribution in [0.2, 0.25) is 0 Å². The summed E-state index contributed by atoms with van der Waals surface area (Å²) in [7, 11) is 1.33. The SMILES string of the molecule is CCC(C)c1ccccc1NC(=S)NC(=O)c1ccc(OC)c([N+](=O)[O-])c1. The highest BCUT2D eigenvalue weighted by Crippen LogP contribution is 2.28. The maximum atomic E-state index is 12.4. The quantitative estimate of drug-likeness (QED) is 0.437. The molecule has 0 radical (unpaired) electrons. The summed E-state index contributed by atoms with van der Waals surface area (Å²) < 4.78 is 4.94. The molecular weight excluding hydrogens is 366 g/mol. The van der Waals surface area contributed by atoms with E-state index in [0.29, 0.717) is 5.92 Å². The molecule has 8 heteroatoms. The van der Waals surface area contributed by atoms with E-state index in [1.807, 2.05) is 24.3 Å². The highest BCUT2D eigenvalue weighted by molar-refractivity contribution is 7.80. The van der Waals surface area contributed by atoms with Gasteiger partial charge in [0.05, 0.1) is 12.0 Å². The summed E-state index contributed by atoms with van der Waals surface area (Å²) in [4.78, 5) is 22.9. The zero-order chi connectivity index (χ0) is 20.0. The van der Waals surface area contributed by atoms with Crippen LogP contribution in [0.1, 0.15) is 42.1 Å². The maximum absolute atomic E-state index is 12.4. The number of amides is 1. The lowest BCUT2D eigenvalue weighted by molar-refractivity contribution is -0.385. The van der Waals surface area contributed by atoms with Crippen LogP contribution in [0, 0.1) is 10.1 Å². The average Bonchev–Trinajstić information content (AvgIpc) is 2.67. The molecule has 0 aromatic heterocycles. The highest BCUT2D eigenvalue weighted by Gasteiger charge is 2.19. The smallest absolute Gasteiger partial charge is 0.311 e. The number of nitrogens with zero attached hydrogens (tertiary/aromatic N) is 1. The number of anilines is 1. The summed E-state index contributed by atoms with van der Waals surface area (Å²) in [6.45, 7) is 4.21. The van der Waals surface area contributed by atoms with Crippen molar-refractivity contribution < 1.29 is 14.5 Å². The van der Waals surface area contributed by atoms with E-state index in [1.54, 1.807) is 0 Å². The molecule has 0 aliphatic carbocycles. The Labute approximate surface area is 162 Å². The molecule has 1 atom stereocenters. The van der Waals surface area contributed by atoms with Gasteiger partial charge in [-0.05, 0) is 48.3 Å². The second-order valence-electron chi connectivity index (χ2n) is 5.95. The summed E-state index contributed by atoms with van der Waals surface area (Å²) in [5, 5.41) is 16.8. The maximum Gasteiger partial charge on any atom is 0.311 e. The molecule has 2 rings (SSSR count). The monoisotopic (exact) mass is 387 g/mol. The lowest BCUT2D eigenvalue weighted by atomic mass is 9.97. The third kappa shape index (κ3) is 5.01. The van der Waals surface area contributed by atoms with Gasteiger partial charge in [-0.3, -0.25) is 20.2 Å². The minimum Gasteiger partial charge on any atom is -0.490 e. The summed E-state index contributed by atoms with van der Waals surface area (Å²) in [6, 6.07) is 11.7. The summed E-state index contributed by atoms with van der Waals surface area (Å²) in [5.74, 6) is -0.129. The molecule has 0 fully saturated rings. The fraction of sp³-hybridized carbons (Fsp3) is 0.263. The van der Waals surface area contributed by atoms with E-state index >= 15 is 0 Å². The van der Waals surface area contributed by atoms with Crippen LogP contribution in [0.15, 0.2) is 42.5 Å². The molecule has 1 unspecified atom stereocenters. The van der Waals surface area contributed by atoms with Crippen molar-refractivity contribution in [2.45, 2.75) is 26.2 Å². The first-order valence-corrected chi connectivity index (χ1v) is 8.81. The number of para-hydroxylation sites is 1. The molecule has 1 amide bonds. The first-order chi connectivity index (χ1) is 12.9. The Bertz CT molecular complexity index is 870. The second-order valence-corrected chi connectivity index (χ2v) is 6.36. The number of hydrogen-bond donors (Lipinski definition) is 2. The molecule has 0 aliphatic rings. The number of hydrogen-bond acceptors (Lipinski definition) is 5. The van der Waals surface area contributed by atoms with Crippen LogP contribution in [0.25, 0.3) is 0 Å². The van der Waals surface area contributed by atoms with Gasteiger partial charge in [0.25, 0.3) is 5.91 Å². The van der Waals surface area contributed by atoms with Crippen molar-refractivity contribution in [1.82, 2.24) is 5.32 Å². The lowest BCUT2D eigenvalue weighted by Gasteiger charge is -2.17. The number of nitro groups is 1. The number of ether oxygens (including phenoxy) is 1. The van der Waals surface area contributed by atoms with Crippen LogP contribution >= 0.6 is 12.2 Å². The Morgan fingerprint density at radius 2 is 2.00 bits per heavy atom. The van der Waals surface area contributed by atoms with Crippen LogP contribution in [0.4, 0.5) is 11.4 Å². The fourth-order valence-corrected chi connectivity index (χ4v) is 2.77. The molecule has 27 heavy (non-hydrogen) atoms. The molecule has 2 aromatic carbocycles. The largest absolute Gasteiger partial charge is 0.490 e. The summed E-state index contributed by atoms with van der Waals surface area (Å²) in [5.41, 5.74) is 1.74. The molecule has 142 valence electrons. The van der Waals surface area contributed by atoms with Gasteiger partial charge in [-0.2, -0.15) is 0 Å². The van der Waals surface area contributed by atoms with Gasteiger partial charge < -0.3 is 10.1 Å². The predicted octanol–water partition coefficient (Wildman–Crippen LogP) is 4.24. The van der Waals surface area contributed by atoms with Crippen LogP contribution < -0.4 is 15.4 Å². The third-order valence-corrected chi connectivity index (χ3v) is 4.42. The Kier molecular flexibility index (Phi) is 6.84. The Morgan fingerprint density at radius 1 is 1.30 bits per heavy atom. The Morgan fingerprint density at radius 3 is 2.63 bits per heavy atom. The molecule has 0 bridgehead atoms. The fourth-order valence-electron chi connectivity index (χ4n) is 2.56. The van der Waals surface area contributed by atoms with E-state index in [2.05, 4.69) is 24.5 Å². The van der Waals surface area contributed by atoms with Gasteiger partial charge in [-0.1, -0.05) is 32.0 Å². The molecule has 7 nitrogen and oxygen atoms in total. The van der Waals surface area contributed by atoms with Gasteiger partial charge >= 0.3 is 5.69 Å². The average molecular weight is 387 g/mol. The minimum atomic E-state index is -0.603. The zero-order valence-corrected chi connectivity index (χ0v) is 16.1. The van der Waals surface area contributed by atoms with Crippen LogP contribution in [-0.2, 0) is 0 Å². The molecular formula is C19H21N3O4S. The summed E-state index contributed by atoms with van der Waals surface area (Å²) in [6.07, 6.45) is 0.966. The van der Waals surface area contributed by atoms with Crippen molar-refractivity contribution in [3.05, 3.63) is 63.7 Å². The van der Waals surface area contributed by atoms with E-state index in [0.717, 1.165) is 23.7 Å². The first-order valence-electron chi connectivity index (χ1n) is 8.41. The topological polar surface area (TPSA) is 93.5 Å². The number of carbonyl (C=O) groups excluding carboxylic acids is 1.